The SMILES string of the molecule is CC(C)c1ccc(C(=O)N2CC(CO)C2)cc1. The van der Waals surface area contributed by atoms with Crippen LogP contribution < -0.4 is 0 Å². The summed E-state index contributed by atoms with van der Waals surface area (Å²) in [5.74, 6) is 0.834. The molecule has 1 saturated heterocycles. The topological polar surface area (TPSA) is 40.5 Å². The molecular weight excluding hydrogens is 214 g/mol. The highest BCUT2D eigenvalue weighted by Crippen LogP contribution is 2.20. The number of aliphatic hydroxyl groups is 1. The van der Waals surface area contributed by atoms with Crippen molar-refractivity contribution >= 4 is 5.91 Å². The van der Waals surface area contributed by atoms with E-state index in [9.17, 15) is 4.79 Å². The van der Waals surface area contributed by atoms with Crippen LogP contribution in [0.2, 0.25) is 0 Å². The molecule has 0 bridgehead atoms. The van der Waals surface area contributed by atoms with Gasteiger partial charge in [-0.15, -0.1) is 0 Å². The fraction of sp³-hybridized carbons (Fsp3) is 0.500. The second-order valence-electron chi connectivity index (χ2n) is 5.04. The van der Waals surface area contributed by atoms with Crippen LogP contribution in [0.4, 0.5) is 0 Å². The first-order valence-corrected chi connectivity index (χ1v) is 6.12. The standard InChI is InChI=1S/C14H19NO2/c1-10(2)12-3-5-13(6-4-12)14(17)15-7-11(8-15)9-16/h3-6,10-11,16H,7-9H2,1-2H3. The van der Waals surface area contributed by atoms with Gasteiger partial charge in [-0.1, -0.05) is 26.0 Å². The Balaban J connectivity index is 2.01. The molecule has 1 aromatic rings. The molecule has 1 N–H and O–H groups in total. The lowest BCUT2D eigenvalue weighted by Crippen LogP contribution is -2.51. The highest BCUT2D eigenvalue weighted by atomic mass is 16.3. The summed E-state index contributed by atoms with van der Waals surface area (Å²) in [6.07, 6.45) is 0. The van der Waals surface area contributed by atoms with Gasteiger partial charge in [0.25, 0.3) is 5.91 Å². The van der Waals surface area contributed by atoms with Crippen LogP contribution >= 0.6 is 0 Å². The molecule has 1 aliphatic heterocycles. The van der Waals surface area contributed by atoms with Crippen molar-refractivity contribution in [3.05, 3.63) is 35.4 Å². The van der Waals surface area contributed by atoms with E-state index in [1.54, 1.807) is 4.90 Å². The molecule has 3 nitrogen and oxygen atoms in total. The molecule has 1 fully saturated rings. The zero-order chi connectivity index (χ0) is 12.4. The number of hydrogen-bond donors (Lipinski definition) is 1. The Morgan fingerprint density at radius 3 is 2.41 bits per heavy atom. The lowest BCUT2D eigenvalue weighted by atomic mass is 9.98. The molecule has 1 heterocycles. The largest absolute Gasteiger partial charge is 0.396 e. The van der Waals surface area contributed by atoms with E-state index < -0.39 is 0 Å². The zero-order valence-corrected chi connectivity index (χ0v) is 10.4. The van der Waals surface area contributed by atoms with Crippen molar-refractivity contribution in [1.29, 1.82) is 0 Å². The van der Waals surface area contributed by atoms with E-state index in [1.807, 2.05) is 24.3 Å². The molecule has 0 radical (unpaired) electrons. The van der Waals surface area contributed by atoms with Crippen molar-refractivity contribution in [2.75, 3.05) is 19.7 Å². The maximum absolute atomic E-state index is 12.0. The molecule has 1 aliphatic rings. The summed E-state index contributed by atoms with van der Waals surface area (Å²) in [5.41, 5.74) is 1.99. The van der Waals surface area contributed by atoms with E-state index >= 15 is 0 Å². The predicted molar refractivity (Wildman–Crippen MR) is 67.0 cm³/mol. The average Bonchev–Trinajstić information content (AvgIpc) is 2.27. The van der Waals surface area contributed by atoms with Crippen LogP contribution in [0.1, 0.15) is 35.7 Å². The fourth-order valence-corrected chi connectivity index (χ4v) is 2.04. The summed E-state index contributed by atoms with van der Waals surface area (Å²) in [5, 5.41) is 8.92. The second-order valence-corrected chi connectivity index (χ2v) is 5.04. The Hall–Kier alpha value is -1.35. The van der Waals surface area contributed by atoms with E-state index in [2.05, 4.69) is 13.8 Å². The highest BCUT2D eigenvalue weighted by Gasteiger charge is 2.30. The number of amides is 1. The normalized spacial score (nSPS) is 16.1. The Kier molecular flexibility index (Phi) is 3.48. The summed E-state index contributed by atoms with van der Waals surface area (Å²) in [7, 11) is 0. The molecular formula is C14H19NO2. The van der Waals surface area contributed by atoms with Gasteiger partial charge in [-0.25, -0.2) is 0 Å². The second kappa shape index (κ2) is 4.88. The van der Waals surface area contributed by atoms with Crippen molar-refractivity contribution in [3.8, 4) is 0 Å². The van der Waals surface area contributed by atoms with Crippen molar-refractivity contribution in [3.63, 3.8) is 0 Å². The number of likely N-dealkylation sites (tertiary alicyclic amines) is 1. The van der Waals surface area contributed by atoms with Crippen LogP contribution in [0.5, 0.6) is 0 Å². The maximum atomic E-state index is 12.0. The summed E-state index contributed by atoms with van der Waals surface area (Å²) in [6, 6.07) is 7.82. The molecule has 0 aromatic heterocycles. The van der Waals surface area contributed by atoms with Crippen LogP contribution in [0.3, 0.4) is 0 Å². The van der Waals surface area contributed by atoms with Gasteiger partial charge in [-0.05, 0) is 23.6 Å². The molecule has 0 saturated carbocycles. The number of carbonyl (C=O) groups excluding carboxylic acids is 1. The average molecular weight is 233 g/mol. The Morgan fingerprint density at radius 1 is 1.35 bits per heavy atom. The van der Waals surface area contributed by atoms with Gasteiger partial charge in [0.2, 0.25) is 0 Å². The molecule has 0 atom stereocenters. The van der Waals surface area contributed by atoms with Gasteiger partial charge in [0, 0.05) is 31.2 Å². The van der Waals surface area contributed by atoms with Gasteiger partial charge in [0.05, 0.1) is 0 Å². The van der Waals surface area contributed by atoms with Gasteiger partial charge in [0.15, 0.2) is 0 Å². The summed E-state index contributed by atoms with van der Waals surface area (Å²) in [6.45, 7) is 5.81. The lowest BCUT2D eigenvalue weighted by molar-refractivity contribution is 0.0362. The van der Waals surface area contributed by atoms with Crippen LogP contribution in [-0.4, -0.2) is 35.6 Å². The Labute approximate surface area is 102 Å². The summed E-state index contributed by atoms with van der Waals surface area (Å²) < 4.78 is 0. The van der Waals surface area contributed by atoms with E-state index in [0.717, 1.165) is 5.56 Å². The molecule has 0 spiro atoms. The highest BCUT2D eigenvalue weighted by molar-refractivity contribution is 5.94. The van der Waals surface area contributed by atoms with E-state index in [0.29, 0.717) is 19.0 Å². The molecule has 1 amide bonds. The van der Waals surface area contributed by atoms with Gasteiger partial charge in [-0.3, -0.25) is 4.79 Å². The quantitative estimate of drug-likeness (QED) is 0.866. The van der Waals surface area contributed by atoms with Crippen molar-refractivity contribution in [1.82, 2.24) is 4.90 Å². The zero-order valence-electron chi connectivity index (χ0n) is 10.4. The molecule has 0 unspecified atom stereocenters. The number of carbonyl (C=O) groups is 1. The van der Waals surface area contributed by atoms with Gasteiger partial charge in [-0.2, -0.15) is 0 Å². The number of benzene rings is 1. The first-order valence-electron chi connectivity index (χ1n) is 6.12. The van der Waals surface area contributed by atoms with Crippen molar-refractivity contribution in [2.45, 2.75) is 19.8 Å². The fourth-order valence-electron chi connectivity index (χ4n) is 2.04. The molecule has 92 valence electrons. The Morgan fingerprint density at radius 2 is 1.94 bits per heavy atom. The van der Waals surface area contributed by atoms with Crippen LogP contribution in [0, 0.1) is 5.92 Å². The predicted octanol–water partition coefficient (Wildman–Crippen LogP) is 1.87. The van der Waals surface area contributed by atoms with Gasteiger partial charge in [0.1, 0.15) is 0 Å². The van der Waals surface area contributed by atoms with E-state index in [1.165, 1.54) is 5.56 Å². The third-order valence-corrected chi connectivity index (χ3v) is 3.33. The minimum Gasteiger partial charge on any atom is -0.396 e. The molecule has 0 aliphatic carbocycles. The first-order chi connectivity index (χ1) is 8.11. The maximum Gasteiger partial charge on any atom is 0.253 e. The van der Waals surface area contributed by atoms with Gasteiger partial charge >= 0.3 is 0 Å². The van der Waals surface area contributed by atoms with Crippen LogP contribution in [0.15, 0.2) is 24.3 Å². The monoisotopic (exact) mass is 233 g/mol. The molecule has 2 rings (SSSR count). The molecule has 1 aromatic carbocycles. The number of nitrogens with zero attached hydrogens (tertiary/aromatic N) is 1. The van der Waals surface area contributed by atoms with Crippen LogP contribution in [-0.2, 0) is 0 Å². The summed E-state index contributed by atoms with van der Waals surface area (Å²) in [4.78, 5) is 13.8. The summed E-state index contributed by atoms with van der Waals surface area (Å²) >= 11 is 0. The van der Waals surface area contributed by atoms with E-state index in [4.69, 9.17) is 5.11 Å². The third-order valence-electron chi connectivity index (χ3n) is 3.33. The Bertz CT molecular complexity index is 391. The van der Waals surface area contributed by atoms with Crippen molar-refractivity contribution < 1.29 is 9.90 Å². The number of aliphatic hydroxyl groups excluding tert-OH is 1. The minimum atomic E-state index is 0.0741. The smallest absolute Gasteiger partial charge is 0.253 e. The third kappa shape index (κ3) is 2.50. The number of hydrogen-bond acceptors (Lipinski definition) is 2. The number of rotatable bonds is 3. The molecule has 3 heteroatoms. The minimum absolute atomic E-state index is 0.0741. The van der Waals surface area contributed by atoms with Crippen LogP contribution in [0.25, 0.3) is 0 Å². The lowest BCUT2D eigenvalue weighted by Gasteiger charge is -2.38. The van der Waals surface area contributed by atoms with E-state index in [-0.39, 0.29) is 18.4 Å². The first kappa shape index (κ1) is 12.1. The molecule has 17 heavy (non-hydrogen) atoms. The van der Waals surface area contributed by atoms with Gasteiger partial charge < -0.3 is 10.0 Å². The van der Waals surface area contributed by atoms with Crippen molar-refractivity contribution in [2.24, 2.45) is 5.92 Å².